The third-order valence-corrected chi connectivity index (χ3v) is 6.00. The molecule has 1 amide bonds. The number of phenols is 1. The summed E-state index contributed by atoms with van der Waals surface area (Å²) in [6.45, 7) is 1.28. The highest BCUT2D eigenvalue weighted by Gasteiger charge is 2.22. The smallest absolute Gasteiger partial charge is 0.236 e. The van der Waals surface area contributed by atoms with Gasteiger partial charge in [0.2, 0.25) is 5.91 Å². The van der Waals surface area contributed by atoms with Gasteiger partial charge < -0.3 is 25.6 Å². The Kier molecular flexibility index (Phi) is 11.2. The van der Waals surface area contributed by atoms with Gasteiger partial charge in [0.05, 0.1) is 5.92 Å². The zero-order chi connectivity index (χ0) is 25.9. The lowest BCUT2D eigenvalue weighted by Gasteiger charge is -2.18. The van der Waals surface area contributed by atoms with Crippen LogP contribution in [0.3, 0.4) is 0 Å². The van der Waals surface area contributed by atoms with Crippen molar-refractivity contribution >= 4 is 24.0 Å². The van der Waals surface area contributed by atoms with Gasteiger partial charge in [0.1, 0.15) is 24.2 Å². The van der Waals surface area contributed by atoms with Gasteiger partial charge in [0, 0.05) is 12.2 Å². The highest BCUT2D eigenvalue weighted by Crippen LogP contribution is 2.26. The summed E-state index contributed by atoms with van der Waals surface area (Å²) in [7, 11) is 0. The molecule has 4 aromatic rings. The van der Waals surface area contributed by atoms with Crippen LogP contribution in [0.1, 0.15) is 22.6 Å². The van der Waals surface area contributed by atoms with Crippen LogP contribution in [0.15, 0.2) is 109 Å². The average Bonchev–Trinajstić information content (AvgIpc) is 2.93. The third kappa shape index (κ3) is 8.63. The zero-order valence-electron chi connectivity index (χ0n) is 21.0. The zero-order valence-corrected chi connectivity index (χ0v) is 21.8. The van der Waals surface area contributed by atoms with Gasteiger partial charge in [-0.05, 0) is 66.1 Å². The molecule has 0 bridgehead atoms. The van der Waals surface area contributed by atoms with E-state index in [1.54, 1.807) is 24.3 Å². The second-order valence-corrected chi connectivity index (χ2v) is 8.85. The second-order valence-electron chi connectivity index (χ2n) is 8.85. The summed E-state index contributed by atoms with van der Waals surface area (Å²) >= 11 is 0. The number of rotatable bonds is 12. The number of aliphatic hydroxyl groups excluding tert-OH is 1. The fourth-order valence-corrected chi connectivity index (χ4v) is 4.05. The number of phenolic OH excluding ortho intramolecular Hbond substituents is 1. The van der Waals surface area contributed by atoms with Gasteiger partial charge in [0.25, 0.3) is 0 Å². The van der Waals surface area contributed by atoms with Crippen LogP contribution >= 0.6 is 12.4 Å². The van der Waals surface area contributed by atoms with E-state index in [9.17, 15) is 15.0 Å². The highest BCUT2D eigenvalue weighted by atomic mass is 35.5. The molecule has 7 heteroatoms. The average molecular weight is 533 g/mol. The van der Waals surface area contributed by atoms with E-state index in [-0.39, 0.29) is 30.7 Å². The first-order valence-corrected chi connectivity index (χ1v) is 12.4. The Morgan fingerprint density at radius 1 is 0.789 bits per heavy atom. The number of aliphatic hydroxyl groups is 1. The van der Waals surface area contributed by atoms with E-state index in [0.29, 0.717) is 18.8 Å². The second kappa shape index (κ2) is 14.8. The Morgan fingerprint density at radius 3 is 1.95 bits per heavy atom. The predicted octanol–water partition coefficient (Wildman–Crippen LogP) is 5.16. The van der Waals surface area contributed by atoms with Crippen molar-refractivity contribution in [2.75, 3.05) is 25.0 Å². The summed E-state index contributed by atoms with van der Waals surface area (Å²) in [5, 5.41) is 25.7. The first-order chi connectivity index (χ1) is 18.1. The van der Waals surface area contributed by atoms with Gasteiger partial charge in [-0.2, -0.15) is 0 Å². The summed E-state index contributed by atoms with van der Waals surface area (Å²) < 4.78 is 5.52. The number of carbonyl (C=O) groups excluding carboxylic acids is 1. The van der Waals surface area contributed by atoms with E-state index >= 15 is 0 Å². The van der Waals surface area contributed by atoms with Crippen LogP contribution in [-0.4, -0.2) is 41.9 Å². The molecule has 0 aliphatic rings. The maximum Gasteiger partial charge on any atom is 0.236 e. The number of amides is 1. The third-order valence-electron chi connectivity index (χ3n) is 6.00. The molecule has 0 spiro atoms. The van der Waals surface area contributed by atoms with Crippen LogP contribution in [-0.2, 0) is 11.2 Å². The molecule has 0 radical (unpaired) electrons. The lowest BCUT2D eigenvalue weighted by Crippen LogP contribution is -2.32. The number of nitrogens with one attached hydrogen (secondary N) is 2. The molecule has 38 heavy (non-hydrogen) atoms. The van der Waals surface area contributed by atoms with Gasteiger partial charge in [-0.1, -0.05) is 72.8 Å². The maximum absolute atomic E-state index is 13.3. The first-order valence-electron chi connectivity index (χ1n) is 12.4. The fourth-order valence-electron chi connectivity index (χ4n) is 4.05. The van der Waals surface area contributed by atoms with Gasteiger partial charge in [0.15, 0.2) is 0 Å². The van der Waals surface area contributed by atoms with Crippen LogP contribution in [0.5, 0.6) is 11.5 Å². The minimum absolute atomic E-state index is 0. The van der Waals surface area contributed by atoms with E-state index in [4.69, 9.17) is 4.74 Å². The van der Waals surface area contributed by atoms with Crippen molar-refractivity contribution in [3.63, 3.8) is 0 Å². The first kappa shape index (κ1) is 28.7. The van der Waals surface area contributed by atoms with Crippen LogP contribution < -0.4 is 15.4 Å². The van der Waals surface area contributed by atoms with Gasteiger partial charge in [-0.3, -0.25) is 4.79 Å². The Morgan fingerprint density at radius 2 is 1.37 bits per heavy atom. The monoisotopic (exact) mass is 532 g/mol. The summed E-state index contributed by atoms with van der Waals surface area (Å²) in [5.74, 6) is 0.308. The van der Waals surface area contributed by atoms with Crippen molar-refractivity contribution < 1.29 is 19.7 Å². The number of benzene rings is 4. The van der Waals surface area contributed by atoms with Crippen LogP contribution in [0, 0.1) is 0 Å². The van der Waals surface area contributed by atoms with Crippen molar-refractivity contribution in [3.05, 3.63) is 126 Å². The van der Waals surface area contributed by atoms with Crippen LogP contribution in [0.25, 0.3) is 0 Å². The van der Waals surface area contributed by atoms with E-state index < -0.39 is 12.0 Å². The molecular formula is C31H33ClN2O4. The van der Waals surface area contributed by atoms with Crippen molar-refractivity contribution in [2.24, 2.45) is 0 Å². The minimum atomic E-state index is -0.645. The molecule has 4 N–H and O–H groups in total. The van der Waals surface area contributed by atoms with Crippen LogP contribution in [0.4, 0.5) is 5.69 Å². The van der Waals surface area contributed by atoms with Crippen molar-refractivity contribution in [1.82, 2.24) is 5.32 Å². The van der Waals surface area contributed by atoms with E-state index in [1.165, 1.54) is 0 Å². The molecule has 1 atom stereocenters. The number of hydrogen-bond donors (Lipinski definition) is 4. The predicted molar refractivity (Wildman–Crippen MR) is 153 cm³/mol. The molecule has 0 saturated heterocycles. The molecule has 4 aromatic carbocycles. The van der Waals surface area contributed by atoms with Crippen LogP contribution in [0.2, 0.25) is 0 Å². The van der Waals surface area contributed by atoms with E-state index in [1.807, 2.05) is 84.9 Å². The lowest BCUT2D eigenvalue weighted by molar-refractivity contribution is -0.116. The molecule has 0 aliphatic carbocycles. The molecule has 0 saturated carbocycles. The molecule has 0 unspecified atom stereocenters. The quantitative estimate of drug-likeness (QED) is 0.189. The molecule has 0 fully saturated rings. The highest BCUT2D eigenvalue weighted by molar-refractivity contribution is 5.98. The molecule has 6 nitrogen and oxygen atoms in total. The van der Waals surface area contributed by atoms with Gasteiger partial charge in [-0.15, -0.1) is 12.4 Å². The van der Waals surface area contributed by atoms with E-state index in [2.05, 4.69) is 10.6 Å². The Balaban J connectivity index is 0.00000400. The molecule has 0 aromatic heterocycles. The van der Waals surface area contributed by atoms with Crippen molar-refractivity contribution in [1.29, 1.82) is 0 Å². The minimum Gasteiger partial charge on any atom is -0.508 e. The number of aromatic hydroxyl groups is 1. The number of carbonyl (C=O) groups is 1. The topological polar surface area (TPSA) is 90.8 Å². The normalized spacial score (nSPS) is 11.4. The Bertz CT molecular complexity index is 1200. The lowest BCUT2D eigenvalue weighted by atomic mass is 9.90. The SMILES string of the molecule is Cl.O=C(Nc1ccc(CCNC[C@H](O)COc2ccc(O)cc2)cc1)C(c1ccccc1)c1ccccc1. The van der Waals surface area contributed by atoms with E-state index in [0.717, 1.165) is 28.8 Å². The summed E-state index contributed by atoms with van der Waals surface area (Å²) in [6.07, 6.45) is 0.143. The number of ether oxygens (including phenoxy) is 1. The summed E-state index contributed by atoms with van der Waals surface area (Å²) in [6, 6.07) is 33.8. The Labute approximate surface area is 229 Å². The Hall–Kier alpha value is -3.84. The summed E-state index contributed by atoms with van der Waals surface area (Å²) in [5.41, 5.74) is 3.78. The number of hydrogen-bond acceptors (Lipinski definition) is 5. The largest absolute Gasteiger partial charge is 0.508 e. The molecule has 0 aliphatic heterocycles. The summed E-state index contributed by atoms with van der Waals surface area (Å²) in [4.78, 5) is 13.3. The number of anilines is 1. The number of halogens is 1. The van der Waals surface area contributed by atoms with Gasteiger partial charge in [-0.25, -0.2) is 0 Å². The standard InChI is InChI=1S/C31H32N2O4.ClH/c34-27-15-17-29(18-16-27)37-22-28(35)21-32-20-19-23-11-13-26(14-12-23)33-31(36)30(24-7-3-1-4-8-24)25-9-5-2-6-10-25;/h1-18,28,30,32,34-35H,19-22H2,(H,33,36);1H/t28-;/m0./s1. The molecule has 198 valence electrons. The van der Waals surface area contributed by atoms with Crippen molar-refractivity contribution in [2.45, 2.75) is 18.4 Å². The maximum atomic E-state index is 13.3. The molecular weight excluding hydrogens is 500 g/mol. The van der Waals surface area contributed by atoms with Gasteiger partial charge >= 0.3 is 0 Å². The molecule has 4 rings (SSSR count). The van der Waals surface area contributed by atoms with Crippen molar-refractivity contribution in [3.8, 4) is 11.5 Å². The fraction of sp³-hybridized carbons (Fsp3) is 0.194. The molecule has 0 heterocycles.